The van der Waals surface area contributed by atoms with Gasteiger partial charge in [-0.15, -0.1) is 0 Å². The molecule has 2 nitrogen and oxygen atoms in total. The molecule has 1 N–H and O–H groups in total. The van der Waals surface area contributed by atoms with Crippen molar-refractivity contribution in [2.45, 2.75) is 68.3 Å². The summed E-state index contributed by atoms with van der Waals surface area (Å²) in [5.74, 6) is -0.634. The van der Waals surface area contributed by atoms with Crippen molar-refractivity contribution < 1.29 is 9.90 Å². The number of carbonyl (C=O) groups is 1. The van der Waals surface area contributed by atoms with E-state index < -0.39 is 5.97 Å². The van der Waals surface area contributed by atoms with Crippen LogP contribution >= 0.6 is 11.8 Å². The smallest absolute Gasteiger partial charge is 0.307 e. The van der Waals surface area contributed by atoms with Gasteiger partial charge in [0, 0.05) is 10.5 Å². The van der Waals surface area contributed by atoms with E-state index in [1.54, 1.807) is 0 Å². The highest BCUT2D eigenvalue weighted by molar-refractivity contribution is 8.00. The van der Waals surface area contributed by atoms with Crippen LogP contribution in [0.2, 0.25) is 0 Å². The van der Waals surface area contributed by atoms with Gasteiger partial charge in [0.25, 0.3) is 0 Å². The average Bonchev–Trinajstić information content (AvgIpc) is 2.63. The first-order valence-corrected chi connectivity index (χ1v) is 7.60. The quantitative estimate of drug-likeness (QED) is 0.767. The number of carboxylic acid groups (broad SMARTS) is 1. The molecule has 0 aromatic rings. The lowest BCUT2D eigenvalue weighted by molar-refractivity contribution is -0.141. The Hall–Kier alpha value is -0.180. The molecule has 0 bridgehead atoms. The SMILES string of the molecule is O=C(O)C1CCCCCC1SC1CCCC1. The van der Waals surface area contributed by atoms with Crippen LogP contribution < -0.4 is 0 Å². The molecule has 3 heteroatoms. The van der Waals surface area contributed by atoms with E-state index in [0.717, 1.165) is 24.5 Å². The molecular formula is C13H22O2S. The van der Waals surface area contributed by atoms with Crippen molar-refractivity contribution in [3.05, 3.63) is 0 Å². The first-order chi connectivity index (χ1) is 7.77. The molecule has 0 radical (unpaired) electrons. The van der Waals surface area contributed by atoms with Gasteiger partial charge in [0.1, 0.15) is 0 Å². The largest absolute Gasteiger partial charge is 0.481 e. The molecule has 0 aromatic heterocycles. The second kappa shape index (κ2) is 5.95. The Morgan fingerprint density at radius 1 is 0.938 bits per heavy atom. The van der Waals surface area contributed by atoms with Crippen LogP contribution in [-0.4, -0.2) is 21.6 Å². The third-order valence-corrected chi connectivity index (χ3v) is 5.71. The zero-order valence-electron chi connectivity index (χ0n) is 9.86. The average molecular weight is 242 g/mol. The molecule has 2 rings (SSSR count). The fraction of sp³-hybridized carbons (Fsp3) is 0.923. The summed E-state index contributed by atoms with van der Waals surface area (Å²) < 4.78 is 0. The molecule has 0 spiro atoms. The lowest BCUT2D eigenvalue weighted by Gasteiger charge is -2.24. The van der Waals surface area contributed by atoms with Gasteiger partial charge < -0.3 is 5.11 Å². The van der Waals surface area contributed by atoms with Crippen molar-refractivity contribution in [3.63, 3.8) is 0 Å². The summed E-state index contributed by atoms with van der Waals surface area (Å²) in [5.41, 5.74) is 0. The van der Waals surface area contributed by atoms with Crippen molar-refractivity contribution in [2.75, 3.05) is 0 Å². The van der Waals surface area contributed by atoms with Crippen molar-refractivity contribution in [2.24, 2.45) is 5.92 Å². The monoisotopic (exact) mass is 242 g/mol. The van der Waals surface area contributed by atoms with E-state index in [1.165, 1.54) is 38.5 Å². The summed E-state index contributed by atoms with van der Waals surface area (Å²) in [6.45, 7) is 0. The van der Waals surface area contributed by atoms with E-state index in [-0.39, 0.29) is 5.92 Å². The fourth-order valence-corrected chi connectivity index (χ4v) is 4.84. The molecule has 0 amide bonds. The maximum Gasteiger partial charge on any atom is 0.307 e. The van der Waals surface area contributed by atoms with Crippen LogP contribution in [-0.2, 0) is 4.79 Å². The van der Waals surface area contributed by atoms with Crippen molar-refractivity contribution in [1.29, 1.82) is 0 Å². The molecule has 2 aliphatic rings. The van der Waals surface area contributed by atoms with Crippen LogP contribution in [0.1, 0.15) is 57.8 Å². The summed E-state index contributed by atoms with van der Waals surface area (Å²) in [4.78, 5) is 11.3. The predicted molar refractivity (Wildman–Crippen MR) is 67.8 cm³/mol. The van der Waals surface area contributed by atoms with E-state index in [0.29, 0.717) is 5.25 Å². The molecular weight excluding hydrogens is 220 g/mol. The predicted octanol–water partition coefficient (Wildman–Crippen LogP) is 3.70. The minimum atomic E-state index is -0.558. The first-order valence-electron chi connectivity index (χ1n) is 6.65. The van der Waals surface area contributed by atoms with E-state index in [9.17, 15) is 9.90 Å². The highest BCUT2D eigenvalue weighted by Gasteiger charge is 2.32. The third kappa shape index (κ3) is 3.16. The number of carboxylic acids is 1. The van der Waals surface area contributed by atoms with Gasteiger partial charge in [-0.05, 0) is 25.7 Å². The Bertz CT molecular complexity index is 236. The van der Waals surface area contributed by atoms with E-state index in [2.05, 4.69) is 0 Å². The topological polar surface area (TPSA) is 37.3 Å². The number of aliphatic carboxylic acids is 1. The maximum atomic E-state index is 11.3. The summed E-state index contributed by atoms with van der Waals surface area (Å²) in [7, 11) is 0. The van der Waals surface area contributed by atoms with Crippen LogP contribution in [0.15, 0.2) is 0 Å². The second-order valence-electron chi connectivity index (χ2n) is 5.16. The van der Waals surface area contributed by atoms with E-state index in [1.807, 2.05) is 11.8 Å². The summed E-state index contributed by atoms with van der Waals surface area (Å²) >= 11 is 2.00. The molecule has 92 valence electrons. The summed E-state index contributed by atoms with van der Waals surface area (Å²) in [6.07, 6.45) is 10.9. The maximum absolute atomic E-state index is 11.3. The van der Waals surface area contributed by atoms with Crippen LogP contribution in [0.5, 0.6) is 0 Å². The highest BCUT2D eigenvalue weighted by atomic mass is 32.2. The number of hydrogen-bond acceptors (Lipinski definition) is 2. The van der Waals surface area contributed by atoms with E-state index >= 15 is 0 Å². The lowest BCUT2D eigenvalue weighted by atomic mass is 10.0. The minimum Gasteiger partial charge on any atom is -0.481 e. The normalized spacial score (nSPS) is 32.5. The molecule has 0 heterocycles. The molecule has 2 fully saturated rings. The van der Waals surface area contributed by atoms with Crippen LogP contribution in [0.4, 0.5) is 0 Å². The Labute approximate surface area is 102 Å². The van der Waals surface area contributed by atoms with Gasteiger partial charge in [-0.1, -0.05) is 32.1 Å². The first kappa shape index (κ1) is 12.3. The van der Waals surface area contributed by atoms with Crippen LogP contribution in [0.25, 0.3) is 0 Å². The molecule has 16 heavy (non-hydrogen) atoms. The van der Waals surface area contributed by atoms with Crippen LogP contribution in [0.3, 0.4) is 0 Å². The molecule has 0 aliphatic heterocycles. The number of rotatable bonds is 3. The number of thioether (sulfide) groups is 1. The molecule has 2 unspecified atom stereocenters. The Kier molecular flexibility index (Phi) is 4.56. The van der Waals surface area contributed by atoms with E-state index in [4.69, 9.17) is 0 Å². The standard InChI is InChI=1S/C13H22O2S/c14-13(15)11-8-2-1-3-9-12(11)16-10-6-4-5-7-10/h10-12H,1-9H2,(H,14,15). The summed E-state index contributed by atoms with van der Waals surface area (Å²) in [6, 6.07) is 0. The van der Waals surface area contributed by atoms with Crippen molar-refractivity contribution in [3.8, 4) is 0 Å². The zero-order valence-corrected chi connectivity index (χ0v) is 10.7. The van der Waals surface area contributed by atoms with Gasteiger partial charge in [-0.3, -0.25) is 4.79 Å². The lowest BCUT2D eigenvalue weighted by Crippen LogP contribution is -2.26. The molecule has 2 aliphatic carbocycles. The second-order valence-corrected chi connectivity index (χ2v) is 6.71. The molecule has 0 aromatic carbocycles. The van der Waals surface area contributed by atoms with Gasteiger partial charge >= 0.3 is 5.97 Å². The molecule has 0 saturated heterocycles. The van der Waals surface area contributed by atoms with Gasteiger partial charge in [0.2, 0.25) is 0 Å². The van der Waals surface area contributed by atoms with Gasteiger partial charge in [-0.2, -0.15) is 11.8 Å². The third-order valence-electron chi connectivity index (χ3n) is 3.94. The van der Waals surface area contributed by atoms with Crippen LogP contribution in [0, 0.1) is 5.92 Å². The fourth-order valence-electron chi connectivity index (χ4n) is 2.99. The zero-order chi connectivity index (χ0) is 11.4. The molecule has 2 saturated carbocycles. The van der Waals surface area contributed by atoms with Crippen molar-refractivity contribution in [1.82, 2.24) is 0 Å². The van der Waals surface area contributed by atoms with Gasteiger partial charge in [0.05, 0.1) is 5.92 Å². The minimum absolute atomic E-state index is 0.0758. The summed E-state index contributed by atoms with van der Waals surface area (Å²) in [5, 5.41) is 10.4. The van der Waals surface area contributed by atoms with Gasteiger partial charge in [0.15, 0.2) is 0 Å². The Morgan fingerprint density at radius 3 is 2.25 bits per heavy atom. The Balaban J connectivity index is 1.93. The number of hydrogen-bond donors (Lipinski definition) is 1. The van der Waals surface area contributed by atoms with Gasteiger partial charge in [-0.25, -0.2) is 0 Å². The molecule has 2 atom stereocenters. The van der Waals surface area contributed by atoms with Crippen molar-refractivity contribution >= 4 is 17.7 Å². The highest BCUT2D eigenvalue weighted by Crippen LogP contribution is 2.39. The Morgan fingerprint density at radius 2 is 1.56 bits per heavy atom.